The molecule has 6 atom stereocenters. The molecule has 0 radical (unpaired) electrons. The highest BCUT2D eigenvalue weighted by molar-refractivity contribution is 5.75. The molecule has 17 heavy (non-hydrogen) atoms. The van der Waals surface area contributed by atoms with E-state index in [1.807, 2.05) is 14.1 Å². The van der Waals surface area contributed by atoms with Crippen LogP contribution in [0.4, 0.5) is 0 Å². The molecule has 1 saturated carbocycles. The summed E-state index contributed by atoms with van der Waals surface area (Å²) in [5.41, 5.74) is 0. The minimum Gasteiger partial charge on any atom is -0.459 e. The van der Waals surface area contributed by atoms with E-state index in [9.17, 15) is 15.3 Å². The third-order valence-corrected chi connectivity index (χ3v) is 3.54. The summed E-state index contributed by atoms with van der Waals surface area (Å²) in [4.78, 5) is 5.99. The highest BCUT2D eigenvalue weighted by Gasteiger charge is 2.49. The number of hydrogen-bond donors (Lipinski definition) is 3. The Morgan fingerprint density at radius 3 is 2.53 bits per heavy atom. The number of hydrogen-bond acceptors (Lipinski definition) is 6. The highest BCUT2D eigenvalue weighted by atomic mass is 16.5. The molecule has 0 aromatic heterocycles. The molecule has 0 amide bonds. The molecule has 0 aromatic carbocycles. The Kier molecular flexibility index (Phi) is 3.29. The molecule has 1 aliphatic heterocycles. The van der Waals surface area contributed by atoms with Crippen molar-refractivity contribution in [1.82, 2.24) is 4.90 Å². The lowest BCUT2D eigenvalue weighted by Gasteiger charge is -2.38. The minimum atomic E-state index is -0.981. The molecular formula is C11H20N2O4. The van der Waals surface area contributed by atoms with Crippen LogP contribution in [0.25, 0.3) is 0 Å². The molecule has 1 heterocycles. The lowest BCUT2D eigenvalue weighted by molar-refractivity contribution is -0.111. The Bertz CT molecular complexity index is 319. The van der Waals surface area contributed by atoms with Crippen molar-refractivity contribution < 1.29 is 20.1 Å². The van der Waals surface area contributed by atoms with Gasteiger partial charge < -0.3 is 25.0 Å². The van der Waals surface area contributed by atoms with E-state index in [0.29, 0.717) is 12.4 Å². The van der Waals surface area contributed by atoms with E-state index in [0.717, 1.165) is 0 Å². The third-order valence-electron chi connectivity index (χ3n) is 3.54. The van der Waals surface area contributed by atoms with Gasteiger partial charge in [-0.25, -0.2) is 4.99 Å². The Morgan fingerprint density at radius 2 is 2.00 bits per heavy atom. The molecule has 2 rings (SSSR count). The maximum absolute atomic E-state index is 10.0. The first-order valence-corrected chi connectivity index (χ1v) is 5.87. The first-order valence-electron chi connectivity index (χ1n) is 5.87. The summed E-state index contributed by atoms with van der Waals surface area (Å²) in [7, 11) is 3.62. The number of rotatable bonds is 1. The predicted octanol–water partition coefficient (Wildman–Crippen LogP) is -1.21. The quantitative estimate of drug-likeness (QED) is 0.539. The Labute approximate surface area is 101 Å². The number of ether oxygens (including phenoxy) is 1. The van der Waals surface area contributed by atoms with Gasteiger partial charge in [0.05, 0.1) is 12.2 Å². The topological polar surface area (TPSA) is 85.5 Å². The van der Waals surface area contributed by atoms with Crippen molar-refractivity contribution in [2.75, 3.05) is 14.1 Å². The molecular weight excluding hydrogens is 224 g/mol. The summed E-state index contributed by atoms with van der Waals surface area (Å²) in [6.45, 7) is 1.61. The third kappa shape index (κ3) is 2.12. The van der Waals surface area contributed by atoms with Gasteiger partial charge in [0.2, 0.25) is 0 Å². The summed E-state index contributed by atoms with van der Waals surface area (Å²) in [5.74, 6) is -0.372. The van der Waals surface area contributed by atoms with Crippen LogP contribution in [0.2, 0.25) is 0 Å². The molecule has 2 aliphatic rings. The fraction of sp³-hybridized carbons (Fsp3) is 0.909. The Balaban J connectivity index is 2.15. The first-order chi connectivity index (χ1) is 7.91. The molecule has 1 fully saturated rings. The standard InChI is InChI=1S/C11H20N2O4/c1-5(14)6-4-7-8(10(16)9(6)15)12-11(17-7)13(2)3/h5-10,14-16H,4H2,1-3H3/t5-,6+,7?,8-,9+,10+/m0/s1. The fourth-order valence-electron chi connectivity index (χ4n) is 2.50. The number of fused-ring (bicyclic) bond motifs is 1. The van der Waals surface area contributed by atoms with Crippen LogP contribution in [0, 0.1) is 5.92 Å². The van der Waals surface area contributed by atoms with Crippen LogP contribution in [0.1, 0.15) is 13.3 Å². The molecule has 0 aromatic rings. The summed E-state index contributed by atoms with van der Waals surface area (Å²) in [6.07, 6.45) is -2.37. The summed E-state index contributed by atoms with van der Waals surface area (Å²) in [6, 6.07) is 0.0369. The number of nitrogens with zero attached hydrogens (tertiary/aromatic N) is 2. The molecule has 6 heteroatoms. The van der Waals surface area contributed by atoms with Gasteiger partial charge in [-0.1, -0.05) is 0 Å². The highest BCUT2D eigenvalue weighted by Crippen LogP contribution is 2.34. The van der Waals surface area contributed by atoms with E-state index in [4.69, 9.17) is 4.74 Å². The van der Waals surface area contributed by atoms with Gasteiger partial charge in [-0.3, -0.25) is 0 Å². The smallest absolute Gasteiger partial charge is 0.287 e. The van der Waals surface area contributed by atoms with E-state index in [2.05, 4.69) is 4.99 Å². The second-order valence-corrected chi connectivity index (χ2v) is 5.07. The van der Waals surface area contributed by atoms with E-state index in [-0.39, 0.29) is 12.0 Å². The predicted molar refractivity (Wildman–Crippen MR) is 61.6 cm³/mol. The van der Waals surface area contributed by atoms with Crippen molar-refractivity contribution >= 4 is 6.02 Å². The average Bonchev–Trinajstić information content (AvgIpc) is 2.67. The van der Waals surface area contributed by atoms with Crippen molar-refractivity contribution in [3.05, 3.63) is 0 Å². The van der Waals surface area contributed by atoms with Crippen LogP contribution in [0.5, 0.6) is 0 Å². The number of aliphatic hydroxyl groups excluding tert-OH is 3. The normalized spacial score (nSPS) is 42.5. The van der Waals surface area contributed by atoms with E-state index in [1.165, 1.54) is 0 Å². The second-order valence-electron chi connectivity index (χ2n) is 5.07. The van der Waals surface area contributed by atoms with Gasteiger partial charge in [-0.2, -0.15) is 0 Å². The van der Waals surface area contributed by atoms with Crippen LogP contribution in [-0.4, -0.2) is 70.8 Å². The molecule has 6 nitrogen and oxygen atoms in total. The van der Waals surface area contributed by atoms with Gasteiger partial charge in [0.1, 0.15) is 18.2 Å². The molecule has 0 spiro atoms. The molecule has 1 aliphatic carbocycles. The van der Waals surface area contributed by atoms with E-state index < -0.39 is 24.4 Å². The van der Waals surface area contributed by atoms with Crippen molar-refractivity contribution in [1.29, 1.82) is 0 Å². The van der Waals surface area contributed by atoms with Gasteiger partial charge >= 0.3 is 0 Å². The van der Waals surface area contributed by atoms with Gasteiger partial charge in [0.15, 0.2) is 0 Å². The minimum absolute atomic E-state index is 0.259. The number of aliphatic imine (C=N–C) groups is 1. The number of aliphatic hydroxyl groups is 3. The zero-order valence-electron chi connectivity index (χ0n) is 10.3. The van der Waals surface area contributed by atoms with Gasteiger partial charge in [0, 0.05) is 20.0 Å². The fourth-order valence-corrected chi connectivity index (χ4v) is 2.50. The molecule has 98 valence electrons. The maximum Gasteiger partial charge on any atom is 0.287 e. The Hall–Kier alpha value is -0.850. The van der Waals surface area contributed by atoms with Crippen LogP contribution in [0.15, 0.2) is 4.99 Å². The van der Waals surface area contributed by atoms with Crippen molar-refractivity contribution in [3.63, 3.8) is 0 Å². The average molecular weight is 244 g/mol. The monoisotopic (exact) mass is 244 g/mol. The van der Waals surface area contributed by atoms with Gasteiger partial charge in [-0.15, -0.1) is 0 Å². The van der Waals surface area contributed by atoms with Gasteiger partial charge in [0.25, 0.3) is 6.02 Å². The zero-order chi connectivity index (χ0) is 12.7. The molecule has 1 unspecified atom stereocenters. The van der Waals surface area contributed by atoms with Crippen molar-refractivity contribution in [2.45, 2.75) is 43.8 Å². The largest absolute Gasteiger partial charge is 0.459 e. The summed E-state index contributed by atoms with van der Waals surface area (Å²) < 4.78 is 5.62. The van der Waals surface area contributed by atoms with Crippen LogP contribution in [0.3, 0.4) is 0 Å². The second kappa shape index (κ2) is 4.44. The lowest BCUT2D eigenvalue weighted by atomic mass is 9.77. The van der Waals surface area contributed by atoms with Gasteiger partial charge in [-0.05, 0) is 13.3 Å². The van der Waals surface area contributed by atoms with Crippen molar-refractivity contribution in [2.24, 2.45) is 10.9 Å². The maximum atomic E-state index is 10.0. The number of amidine groups is 1. The van der Waals surface area contributed by atoms with E-state index in [1.54, 1.807) is 11.8 Å². The van der Waals surface area contributed by atoms with Crippen molar-refractivity contribution in [3.8, 4) is 0 Å². The summed E-state index contributed by atoms with van der Waals surface area (Å²) >= 11 is 0. The first kappa shape index (κ1) is 12.6. The molecule has 0 saturated heterocycles. The summed E-state index contributed by atoms with van der Waals surface area (Å²) in [5, 5.41) is 29.5. The van der Waals surface area contributed by atoms with Crippen LogP contribution in [-0.2, 0) is 4.74 Å². The van der Waals surface area contributed by atoms with Crippen LogP contribution < -0.4 is 0 Å². The molecule has 3 N–H and O–H groups in total. The zero-order valence-corrected chi connectivity index (χ0v) is 10.3. The SMILES string of the molecule is C[C@H](O)[C@H]1CC2OC(N(C)C)=N[C@@H]2[C@@H](O)[C@@H]1O. The van der Waals surface area contributed by atoms with Crippen LogP contribution >= 0.6 is 0 Å². The lowest BCUT2D eigenvalue weighted by Crippen LogP contribution is -2.54. The Morgan fingerprint density at radius 1 is 1.35 bits per heavy atom. The molecule has 0 bridgehead atoms. The van der Waals surface area contributed by atoms with E-state index >= 15 is 0 Å².